The minimum Gasteiger partial charge on any atom is -0.395 e. The molecule has 1 unspecified atom stereocenters. The first-order chi connectivity index (χ1) is 9.69. The Morgan fingerprint density at radius 3 is 2.85 bits per heavy atom. The van der Waals surface area contributed by atoms with Gasteiger partial charge in [0.15, 0.2) is 0 Å². The van der Waals surface area contributed by atoms with Gasteiger partial charge in [-0.2, -0.15) is 0 Å². The van der Waals surface area contributed by atoms with Crippen molar-refractivity contribution in [1.82, 2.24) is 14.9 Å². The minimum absolute atomic E-state index is 0.0776. The molecule has 0 spiro atoms. The van der Waals surface area contributed by atoms with E-state index in [4.69, 9.17) is 4.98 Å². The zero-order chi connectivity index (χ0) is 14.2. The Balaban J connectivity index is 2.21. The third kappa shape index (κ3) is 1.95. The van der Waals surface area contributed by atoms with Crippen LogP contribution in [0, 0.1) is 5.92 Å². The van der Waals surface area contributed by atoms with E-state index in [-0.39, 0.29) is 12.0 Å². The topological polar surface area (TPSA) is 50.1 Å². The van der Waals surface area contributed by atoms with Gasteiger partial charge in [-0.05, 0) is 31.0 Å². The van der Waals surface area contributed by atoms with Gasteiger partial charge in [-0.1, -0.05) is 26.0 Å². The van der Waals surface area contributed by atoms with Gasteiger partial charge in [-0.25, -0.2) is 4.98 Å². The summed E-state index contributed by atoms with van der Waals surface area (Å²) in [4.78, 5) is 4.92. The van der Waals surface area contributed by atoms with E-state index in [1.807, 2.05) is 12.1 Å². The van der Waals surface area contributed by atoms with Crippen molar-refractivity contribution >= 4 is 11.0 Å². The van der Waals surface area contributed by atoms with Gasteiger partial charge in [0.25, 0.3) is 0 Å². The zero-order valence-electron chi connectivity index (χ0n) is 12.3. The summed E-state index contributed by atoms with van der Waals surface area (Å²) in [7, 11) is 0. The highest BCUT2D eigenvalue weighted by Crippen LogP contribution is 2.38. The summed E-state index contributed by atoms with van der Waals surface area (Å²) in [5.41, 5.74) is 2.24. The second-order valence-electron chi connectivity index (χ2n) is 6.04. The standard InChI is InChI=1S/C16H23N3O/c1-12(2)16(7-8-17-11-16)15-18-13-5-3-4-6-14(13)19(15)9-10-20/h3-6,12,17,20H,7-11H2,1-2H3. The number of hydrogen-bond acceptors (Lipinski definition) is 3. The number of aliphatic hydroxyl groups is 1. The predicted molar refractivity (Wildman–Crippen MR) is 80.8 cm³/mol. The van der Waals surface area contributed by atoms with Crippen LogP contribution in [0.1, 0.15) is 26.1 Å². The van der Waals surface area contributed by atoms with E-state index in [2.05, 4.69) is 35.9 Å². The number of nitrogens with one attached hydrogen (secondary N) is 1. The van der Waals surface area contributed by atoms with E-state index in [0.29, 0.717) is 12.5 Å². The number of para-hydroxylation sites is 2. The number of aliphatic hydroxyl groups excluding tert-OH is 1. The van der Waals surface area contributed by atoms with Crippen LogP contribution >= 0.6 is 0 Å². The SMILES string of the molecule is CC(C)C1(c2nc3ccccc3n2CCO)CCNC1. The zero-order valence-corrected chi connectivity index (χ0v) is 12.3. The molecule has 1 aromatic heterocycles. The smallest absolute Gasteiger partial charge is 0.117 e. The van der Waals surface area contributed by atoms with E-state index >= 15 is 0 Å². The monoisotopic (exact) mass is 273 g/mol. The first kappa shape index (κ1) is 13.6. The van der Waals surface area contributed by atoms with Gasteiger partial charge in [0, 0.05) is 18.5 Å². The van der Waals surface area contributed by atoms with Crippen LogP contribution in [0.15, 0.2) is 24.3 Å². The molecule has 108 valence electrons. The van der Waals surface area contributed by atoms with Gasteiger partial charge in [-0.3, -0.25) is 0 Å². The quantitative estimate of drug-likeness (QED) is 0.895. The molecule has 0 saturated carbocycles. The van der Waals surface area contributed by atoms with Crippen LogP contribution in [0.2, 0.25) is 0 Å². The van der Waals surface area contributed by atoms with Crippen LogP contribution in [0.4, 0.5) is 0 Å². The van der Waals surface area contributed by atoms with Crippen molar-refractivity contribution in [3.8, 4) is 0 Å². The normalized spacial score (nSPS) is 23.0. The molecule has 2 aromatic rings. The molecule has 2 N–H and O–H groups in total. The molecule has 0 aliphatic carbocycles. The van der Waals surface area contributed by atoms with E-state index in [0.717, 1.165) is 36.4 Å². The van der Waals surface area contributed by atoms with E-state index in [1.54, 1.807) is 0 Å². The Bertz CT molecular complexity index is 597. The van der Waals surface area contributed by atoms with Crippen LogP contribution in [0.25, 0.3) is 11.0 Å². The van der Waals surface area contributed by atoms with Crippen molar-refractivity contribution in [3.05, 3.63) is 30.1 Å². The van der Waals surface area contributed by atoms with Crippen LogP contribution in [0.3, 0.4) is 0 Å². The lowest BCUT2D eigenvalue weighted by Gasteiger charge is -2.32. The fourth-order valence-corrected chi connectivity index (χ4v) is 3.44. The largest absolute Gasteiger partial charge is 0.395 e. The predicted octanol–water partition coefficient (Wildman–Crippen LogP) is 1.92. The van der Waals surface area contributed by atoms with Gasteiger partial charge in [0.2, 0.25) is 0 Å². The Hall–Kier alpha value is -1.39. The van der Waals surface area contributed by atoms with Crippen LogP contribution in [-0.2, 0) is 12.0 Å². The molecule has 1 saturated heterocycles. The van der Waals surface area contributed by atoms with Crippen LogP contribution < -0.4 is 5.32 Å². The van der Waals surface area contributed by atoms with Crippen LogP contribution in [0.5, 0.6) is 0 Å². The summed E-state index contributed by atoms with van der Waals surface area (Å²) in [6.07, 6.45) is 1.11. The lowest BCUT2D eigenvalue weighted by molar-refractivity contribution is 0.259. The molecule has 0 bridgehead atoms. The Labute approximate surface area is 119 Å². The third-order valence-corrected chi connectivity index (χ3v) is 4.72. The first-order valence-corrected chi connectivity index (χ1v) is 7.46. The second kappa shape index (κ2) is 5.19. The number of aromatic nitrogens is 2. The molecule has 4 heteroatoms. The summed E-state index contributed by atoms with van der Waals surface area (Å²) in [5, 5.41) is 12.9. The number of hydrogen-bond donors (Lipinski definition) is 2. The molecule has 1 fully saturated rings. The number of rotatable bonds is 4. The second-order valence-corrected chi connectivity index (χ2v) is 6.04. The van der Waals surface area contributed by atoms with E-state index in [9.17, 15) is 5.11 Å². The van der Waals surface area contributed by atoms with Gasteiger partial charge in [0.05, 0.1) is 17.6 Å². The third-order valence-electron chi connectivity index (χ3n) is 4.72. The lowest BCUT2D eigenvalue weighted by Crippen LogP contribution is -2.38. The van der Waals surface area contributed by atoms with Gasteiger partial charge >= 0.3 is 0 Å². The molecule has 2 heterocycles. The highest BCUT2D eigenvalue weighted by atomic mass is 16.3. The molecule has 1 aliphatic rings. The van der Waals surface area contributed by atoms with Crippen LogP contribution in [-0.4, -0.2) is 34.4 Å². The van der Waals surface area contributed by atoms with Crippen molar-refractivity contribution in [3.63, 3.8) is 0 Å². The van der Waals surface area contributed by atoms with Crippen molar-refractivity contribution < 1.29 is 5.11 Å². The lowest BCUT2D eigenvalue weighted by atomic mass is 9.75. The minimum atomic E-state index is 0.0776. The molecule has 20 heavy (non-hydrogen) atoms. The maximum Gasteiger partial charge on any atom is 0.117 e. The molecule has 1 aliphatic heterocycles. The van der Waals surface area contributed by atoms with E-state index in [1.165, 1.54) is 0 Å². The van der Waals surface area contributed by atoms with Crippen molar-refractivity contribution in [1.29, 1.82) is 0 Å². The molecular formula is C16H23N3O. The highest BCUT2D eigenvalue weighted by molar-refractivity contribution is 5.76. The fourth-order valence-electron chi connectivity index (χ4n) is 3.44. The summed E-state index contributed by atoms with van der Waals surface area (Å²) >= 11 is 0. The Morgan fingerprint density at radius 1 is 1.40 bits per heavy atom. The average Bonchev–Trinajstić information content (AvgIpc) is 3.05. The van der Waals surface area contributed by atoms with Crippen molar-refractivity contribution in [2.24, 2.45) is 5.92 Å². The van der Waals surface area contributed by atoms with Crippen molar-refractivity contribution in [2.75, 3.05) is 19.7 Å². The maximum absolute atomic E-state index is 9.42. The van der Waals surface area contributed by atoms with Gasteiger partial charge in [-0.15, -0.1) is 0 Å². The average molecular weight is 273 g/mol. The van der Waals surface area contributed by atoms with Gasteiger partial charge < -0.3 is 15.0 Å². The molecule has 0 amide bonds. The fraction of sp³-hybridized carbons (Fsp3) is 0.562. The summed E-state index contributed by atoms with van der Waals surface area (Å²) < 4.78 is 2.21. The van der Waals surface area contributed by atoms with Gasteiger partial charge in [0.1, 0.15) is 5.82 Å². The number of fused-ring (bicyclic) bond motifs is 1. The highest BCUT2D eigenvalue weighted by Gasteiger charge is 2.42. The first-order valence-electron chi connectivity index (χ1n) is 7.46. The molecular weight excluding hydrogens is 250 g/mol. The summed E-state index contributed by atoms with van der Waals surface area (Å²) in [5.74, 6) is 1.65. The summed E-state index contributed by atoms with van der Waals surface area (Å²) in [6.45, 7) is 7.32. The Kier molecular flexibility index (Phi) is 3.52. The molecule has 3 rings (SSSR count). The van der Waals surface area contributed by atoms with Crippen molar-refractivity contribution in [2.45, 2.75) is 32.2 Å². The molecule has 4 nitrogen and oxygen atoms in total. The van der Waals surface area contributed by atoms with E-state index < -0.39 is 0 Å². The molecule has 1 atom stereocenters. The maximum atomic E-state index is 9.42. The summed E-state index contributed by atoms with van der Waals surface area (Å²) in [6, 6.07) is 8.22. The molecule has 1 aromatic carbocycles. The Morgan fingerprint density at radius 2 is 2.20 bits per heavy atom. The number of nitrogens with zero attached hydrogens (tertiary/aromatic N) is 2. The molecule has 0 radical (unpaired) electrons. The number of imidazole rings is 1. The number of benzene rings is 1.